The minimum Gasteiger partial charge on any atom is -0.338 e. The molecule has 0 bridgehead atoms. The molecule has 0 saturated heterocycles. The standard InChI is InChI=1S/C9H12N6O3S/c1-6-13-9(18-15-6)5-12-19(16,17)8-4-11-3-2-7(8)14-10/h2-4,12H,5,10H2,1H3,(H,11,14). The van der Waals surface area contributed by atoms with Crippen LogP contribution in [0.15, 0.2) is 27.9 Å². The summed E-state index contributed by atoms with van der Waals surface area (Å²) in [4.78, 5) is 7.58. The second kappa shape index (κ2) is 5.30. The van der Waals surface area contributed by atoms with Gasteiger partial charge in [0.15, 0.2) is 5.82 Å². The summed E-state index contributed by atoms with van der Waals surface area (Å²) in [6, 6.07) is 1.45. The number of rotatable bonds is 5. The van der Waals surface area contributed by atoms with E-state index in [9.17, 15) is 8.42 Å². The summed E-state index contributed by atoms with van der Waals surface area (Å²) in [5.41, 5.74) is 2.53. The number of hydrogen-bond donors (Lipinski definition) is 3. The van der Waals surface area contributed by atoms with Crippen molar-refractivity contribution in [3.63, 3.8) is 0 Å². The van der Waals surface area contributed by atoms with E-state index in [0.717, 1.165) is 0 Å². The van der Waals surface area contributed by atoms with Crippen LogP contribution in [-0.2, 0) is 16.6 Å². The van der Waals surface area contributed by atoms with E-state index in [1.165, 1.54) is 18.5 Å². The molecule has 0 saturated carbocycles. The minimum absolute atomic E-state index is 0.0614. The molecule has 0 amide bonds. The molecule has 0 atom stereocenters. The third kappa shape index (κ3) is 3.05. The quantitative estimate of drug-likeness (QED) is 0.495. The van der Waals surface area contributed by atoms with Crippen molar-refractivity contribution in [2.24, 2.45) is 5.84 Å². The highest BCUT2D eigenvalue weighted by Crippen LogP contribution is 2.18. The average molecular weight is 284 g/mol. The van der Waals surface area contributed by atoms with Gasteiger partial charge in [0.05, 0.1) is 12.2 Å². The highest BCUT2D eigenvalue weighted by atomic mass is 32.2. The minimum atomic E-state index is -3.77. The van der Waals surface area contributed by atoms with E-state index in [1.807, 2.05) is 0 Å². The molecule has 10 heteroatoms. The smallest absolute Gasteiger partial charge is 0.244 e. The van der Waals surface area contributed by atoms with E-state index in [1.54, 1.807) is 6.92 Å². The zero-order valence-corrected chi connectivity index (χ0v) is 10.8. The van der Waals surface area contributed by atoms with Crippen molar-refractivity contribution in [3.8, 4) is 0 Å². The van der Waals surface area contributed by atoms with E-state index >= 15 is 0 Å². The lowest BCUT2D eigenvalue weighted by Gasteiger charge is -2.08. The van der Waals surface area contributed by atoms with E-state index in [4.69, 9.17) is 10.4 Å². The van der Waals surface area contributed by atoms with Gasteiger partial charge in [-0.2, -0.15) is 4.98 Å². The van der Waals surface area contributed by atoms with Crippen LogP contribution in [0.25, 0.3) is 0 Å². The van der Waals surface area contributed by atoms with Gasteiger partial charge in [0.1, 0.15) is 4.90 Å². The van der Waals surface area contributed by atoms with Crippen molar-refractivity contribution < 1.29 is 12.9 Å². The molecule has 0 aliphatic heterocycles. The van der Waals surface area contributed by atoms with Gasteiger partial charge in [0.25, 0.3) is 0 Å². The number of nitrogens with zero attached hydrogens (tertiary/aromatic N) is 3. The molecule has 19 heavy (non-hydrogen) atoms. The Bertz CT molecular complexity index is 668. The maximum Gasteiger partial charge on any atom is 0.244 e. The highest BCUT2D eigenvalue weighted by Gasteiger charge is 2.19. The summed E-state index contributed by atoms with van der Waals surface area (Å²) >= 11 is 0. The Hall–Kier alpha value is -2.04. The number of nitrogens with one attached hydrogen (secondary N) is 2. The van der Waals surface area contributed by atoms with E-state index in [-0.39, 0.29) is 23.0 Å². The molecule has 0 aliphatic carbocycles. The van der Waals surface area contributed by atoms with Gasteiger partial charge in [-0.25, -0.2) is 13.1 Å². The van der Waals surface area contributed by atoms with E-state index in [2.05, 4.69) is 25.3 Å². The fourth-order valence-corrected chi connectivity index (χ4v) is 2.44. The molecule has 2 heterocycles. The molecule has 102 valence electrons. The van der Waals surface area contributed by atoms with Gasteiger partial charge in [-0.1, -0.05) is 5.16 Å². The van der Waals surface area contributed by atoms with Crippen LogP contribution in [0, 0.1) is 6.92 Å². The van der Waals surface area contributed by atoms with Gasteiger partial charge in [-0.05, 0) is 13.0 Å². The maximum absolute atomic E-state index is 12.1. The molecule has 2 rings (SSSR count). The molecule has 4 N–H and O–H groups in total. The Morgan fingerprint density at radius 2 is 2.26 bits per heavy atom. The van der Waals surface area contributed by atoms with Crippen LogP contribution in [0.4, 0.5) is 5.69 Å². The van der Waals surface area contributed by atoms with E-state index < -0.39 is 10.0 Å². The number of aromatic nitrogens is 3. The molecular weight excluding hydrogens is 272 g/mol. The average Bonchev–Trinajstić information content (AvgIpc) is 2.82. The largest absolute Gasteiger partial charge is 0.338 e. The predicted octanol–water partition coefficient (Wildman–Crippen LogP) is -0.463. The lowest BCUT2D eigenvalue weighted by molar-refractivity contribution is 0.372. The van der Waals surface area contributed by atoms with Gasteiger partial charge in [-0.15, -0.1) is 0 Å². The molecule has 0 aliphatic rings. The van der Waals surface area contributed by atoms with Gasteiger partial charge in [0.2, 0.25) is 15.9 Å². The summed E-state index contributed by atoms with van der Waals surface area (Å²) in [5, 5.41) is 3.56. The van der Waals surface area contributed by atoms with Gasteiger partial charge >= 0.3 is 0 Å². The van der Waals surface area contributed by atoms with Crippen molar-refractivity contribution in [2.75, 3.05) is 5.43 Å². The molecule has 0 spiro atoms. The second-order valence-electron chi connectivity index (χ2n) is 3.58. The van der Waals surface area contributed by atoms with Gasteiger partial charge < -0.3 is 9.95 Å². The van der Waals surface area contributed by atoms with Gasteiger partial charge in [0, 0.05) is 12.4 Å². The lowest BCUT2D eigenvalue weighted by Crippen LogP contribution is -2.25. The summed E-state index contributed by atoms with van der Waals surface area (Å²) in [5.74, 6) is 5.85. The third-order valence-electron chi connectivity index (χ3n) is 2.21. The number of hydrogen-bond acceptors (Lipinski definition) is 8. The van der Waals surface area contributed by atoms with Crippen LogP contribution >= 0.6 is 0 Å². The Balaban J connectivity index is 2.18. The summed E-state index contributed by atoms with van der Waals surface area (Å²) in [7, 11) is -3.77. The predicted molar refractivity (Wildman–Crippen MR) is 65.1 cm³/mol. The summed E-state index contributed by atoms with van der Waals surface area (Å²) in [6.07, 6.45) is 2.62. The number of hydrazine groups is 1. The molecule has 0 radical (unpaired) electrons. The zero-order chi connectivity index (χ0) is 13.9. The Kier molecular flexibility index (Phi) is 3.74. The fourth-order valence-electron chi connectivity index (χ4n) is 1.36. The normalized spacial score (nSPS) is 11.5. The first-order valence-electron chi connectivity index (χ1n) is 5.22. The molecule has 0 fully saturated rings. The zero-order valence-electron chi connectivity index (χ0n) is 9.99. The Morgan fingerprint density at radius 3 is 2.89 bits per heavy atom. The fraction of sp³-hybridized carbons (Fsp3) is 0.222. The van der Waals surface area contributed by atoms with Crippen molar-refractivity contribution >= 4 is 15.7 Å². The van der Waals surface area contributed by atoms with E-state index in [0.29, 0.717) is 5.82 Å². The topological polar surface area (TPSA) is 136 Å². The Morgan fingerprint density at radius 1 is 1.47 bits per heavy atom. The SMILES string of the molecule is Cc1noc(CNS(=O)(=O)c2cnccc2NN)n1. The first kappa shape index (κ1) is 13.4. The van der Waals surface area contributed by atoms with Gasteiger partial charge in [-0.3, -0.25) is 10.8 Å². The van der Waals surface area contributed by atoms with Crippen LogP contribution in [0.3, 0.4) is 0 Å². The lowest BCUT2D eigenvalue weighted by atomic mass is 10.4. The number of pyridine rings is 1. The second-order valence-corrected chi connectivity index (χ2v) is 5.31. The number of sulfonamides is 1. The Labute approximate surface area is 109 Å². The molecule has 9 nitrogen and oxygen atoms in total. The number of nitrogen functional groups attached to an aromatic ring is 1. The van der Waals surface area contributed by atoms with Crippen molar-refractivity contribution in [3.05, 3.63) is 30.2 Å². The van der Waals surface area contributed by atoms with Crippen molar-refractivity contribution in [2.45, 2.75) is 18.4 Å². The van der Waals surface area contributed by atoms with Crippen molar-refractivity contribution in [1.82, 2.24) is 19.8 Å². The molecule has 2 aromatic heterocycles. The van der Waals surface area contributed by atoms with Crippen LogP contribution in [0.2, 0.25) is 0 Å². The number of nitrogens with two attached hydrogens (primary N) is 1. The summed E-state index contributed by atoms with van der Waals surface area (Å²) < 4.78 is 31.2. The van der Waals surface area contributed by atoms with Crippen LogP contribution in [-0.4, -0.2) is 23.5 Å². The number of anilines is 1. The molecule has 0 unspecified atom stereocenters. The molecular formula is C9H12N6O3S. The van der Waals surface area contributed by atoms with Crippen molar-refractivity contribution in [1.29, 1.82) is 0 Å². The number of aryl methyl sites for hydroxylation is 1. The van der Waals surface area contributed by atoms with Crippen LogP contribution < -0.4 is 16.0 Å². The highest BCUT2D eigenvalue weighted by molar-refractivity contribution is 7.89. The maximum atomic E-state index is 12.1. The first-order valence-corrected chi connectivity index (χ1v) is 6.71. The molecule has 2 aromatic rings. The monoisotopic (exact) mass is 284 g/mol. The molecule has 0 aromatic carbocycles. The summed E-state index contributed by atoms with van der Waals surface area (Å²) in [6.45, 7) is 1.53. The van der Waals surface area contributed by atoms with Crippen LogP contribution in [0.1, 0.15) is 11.7 Å². The van der Waals surface area contributed by atoms with Crippen LogP contribution in [0.5, 0.6) is 0 Å². The first-order chi connectivity index (χ1) is 9.03. The third-order valence-corrected chi connectivity index (χ3v) is 3.64.